The first-order valence-electron chi connectivity index (χ1n) is 6.12. The third kappa shape index (κ3) is 2.01. The van der Waals surface area contributed by atoms with Gasteiger partial charge in [-0.05, 0) is 45.4 Å². The van der Waals surface area contributed by atoms with Gasteiger partial charge in [0.05, 0.1) is 11.1 Å². The number of alkyl halides is 3. The molecule has 0 bridgehead atoms. The molecule has 0 saturated carbocycles. The second-order valence-corrected chi connectivity index (χ2v) is 5.59. The molecule has 1 heterocycles. The van der Waals surface area contributed by atoms with Gasteiger partial charge >= 0.3 is 6.18 Å². The van der Waals surface area contributed by atoms with E-state index in [4.69, 9.17) is 0 Å². The Bertz CT molecular complexity index is 532. The van der Waals surface area contributed by atoms with E-state index >= 15 is 0 Å². The van der Waals surface area contributed by atoms with Gasteiger partial charge in [0.1, 0.15) is 0 Å². The van der Waals surface area contributed by atoms with Gasteiger partial charge in [0.15, 0.2) is 0 Å². The zero-order valence-corrected chi connectivity index (χ0v) is 11.3. The Balaban J connectivity index is 2.59. The highest BCUT2D eigenvalue weighted by Crippen LogP contribution is 2.42. The molecule has 1 aromatic carbocycles. The topological polar surface area (TPSA) is 20.3 Å². The van der Waals surface area contributed by atoms with E-state index < -0.39 is 17.3 Å². The SMILES string of the molecule is CC(C)N1C(=O)c2cc(C(F)(F)F)ccc2C1(C)C. The zero-order chi connectivity index (χ0) is 14.6. The zero-order valence-electron chi connectivity index (χ0n) is 11.3. The minimum atomic E-state index is -4.43. The first-order valence-corrected chi connectivity index (χ1v) is 6.12. The lowest BCUT2D eigenvalue weighted by atomic mass is 9.92. The van der Waals surface area contributed by atoms with Crippen molar-refractivity contribution in [3.8, 4) is 0 Å². The Morgan fingerprint density at radius 3 is 2.26 bits per heavy atom. The fourth-order valence-corrected chi connectivity index (χ4v) is 2.82. The van der Waals surface area contributed by atoms with Gasteiger partial charge in [-0.15, -0.1) is 0 Å². The maximum atomic E-state index is 12.7. The van der Waals surface area contributed by atoms with Crippen LogP contribution in [0.5, 0.6) is 0 Å². The summed E-state index contributed by atoms with van der Waals surface area (Å²) in [4.78, 5) is 13.9. The van der Waals surface area contributed by atoms with Crippen LogP contribution in [0.4, 0.5) is 13.2 Å². The van der Waals surface area contributed by atoms with Crippen LogP contribution in [0.3, 0.4) is 0 Å². The standard InChI is InChI=1S/C14H16F3NO/c1-8(2)18-12(19)10-7-9(14(15,16)17)5-6-11(10)13(18,3)4/h5-8H,1-4H3. The van der Waals surface area contributed by atoms with Gasteiger partial charge in [0.2, 0.25) is 0 Å². The summed E-state index contributed by atoms with van der Waals surface area (Å²) in [6.07, 6.45) is -4.43. The first kappa shape index (κ1) is 13.9. The minimum absolute atomic E-state index is 0.0655. The van der Waals surface area contributed by atoms with Gasteiger partial charge in [0.25, 0.3) is 5.91 Å². The van der Waals surface area contributed by atoms with Crippen LogP contribution < -0.4 is 0 Å². The molecular formula is C14H16F3NO. The van der Waals surface area contributed by atoms with Gasteiger partial charge in [0, 0.05) is 11.6 Å². The molecule has 0 saturated heterocycles. The van der Waals surface area contributed by atoms with E-state index in [1.165, 1.54) is 6.07 Å². The summed E-state index contributed by atoms with van der Waals surface area (Å²) in [6, 6.07) is 3.35. The van der Waals surface area contributed by atoms with Gasteiger partial charge in [-0.1, -0.05) is 6.07 Å². The Morgan fingerprint density at radius 1 is 1.21 bits per heavy atom. The van der Waals surface area contributed by atoms with Gasteiger partial charge in [-0.25, -0.2) is 0 Å². The van der Waals surface area contributed by atoms with E-state index in [-0.39, 0.29) is 17.5 Å². The molecule has 0 aliphatic carbocycles. The molecule has 104 valence electrons. The average molecular weight is 271 g/mol. The molecule has 1 aliphatic rings. The lowest BCUT2D eigenvalue weighted by Gasteiger charge is -2.35. The molecule has 2 rings (SSSR count). The lowest BCUT2D eigenvalue weighted by molar-refractivity contribution is -0.137. The Labute approximate surface area is 110 Å². The van der Waals surface area contributed by atoms with E-state index in [9.17, 15) is 18.0 Å². The molecule has 0 atom stereocenters. The largest absolute Gasteiger partial charge is 0.416 e. The van der Waals surface area contributed by atoms with Crippen molar-refractivity contribution >= 4 is 5.91 Å². The summed E-state index contributed by atoms with van der Waals surface area (Å²) >= 11 is 0. The number of halogens is 3. The van der Waals surface area contributed by atoms with Gasteiger partial charge in [-0.3, -0.25) is 4.79 Å². The molecule has 0 unspecified atom stereocenters. The molecule has 0 N–H and O–H groups in total. The number of hydrogen-bond acceptors (Lipinski definition) is 1. The minimum Gasteiger partial charge on any atom is -0.327 e. The molecule has 0 spiro atoms. The van der Waals surface area contributed by atoms with E-state index in [0.29, 0.717) is 5.56 Å². The number of carbonyl (C=O) groups excluding carboxylic acids is 1. The number of nitrogens with zero attached hydrogens (tertiary/aromatic N) is 1. The van der Waals surface area contributed by atoms with Gasteiger partial charge < -0.3 is 4.90 Å². The number of hydrogen-bond donors (Lipinski definition) is 0. The van der Waals surface area contributed by atoms with Crippen molar-refractivity contribution < 1.29 is 18.0 Å². The molecule has 1 aliphatic heterocycles. The van der Waals surface area contributed by atoms with Crippen molar-refractivity contribution in [3.63, 3.8) is 0 Å². The first-order chi connectivity index (χ1) is 8.56. The normalized spacial score (nSPS) is 18.1. The van der Waals surface area contributed by atoms with Crippen molar-refractivity contribution in [2.24, 2.45) is 0 Å². The quantitative estimate of drug-likeness (QED) is 0.760. The van der Waals surface area contributed by atoms with Crippen molar-refractivity contribution in [2.45, 2.75) is 45.5 Å². The number of benzene rings is 1. The Kier molecular flexibility index (Phi) is 2.92. The van der Waals surface area contributed by atoms with E-state index in [1.807, 2.05) is 27.7 Å². The summed E-state index contributed by atoms with van der Waals surface area (Å²) in [7, 11) is 0. The smallest absolute Gasteiger partial charge is 0.327 e. The summed E-state index contributed by atoms with van der Waals surface area (Å²) in [6.45, 7) is 7.42. The molecular weight excluding hydrogens is 255 g/mol. The molecule has 2 nitrogen and oxygen atoms in total. The average Bonchev–Trinajstić information content (AvgIpc) is 2.45. The number of rotatable bonds is 1. The van der Waals surface area contributed by atoms with Crippen LogP contribution in [0, 0.1) is 0 Å². The molecule has 0 aromatic heterocycles. The monoisotopic (exact) mass is 271 g/mol. The molecule has 1 amide bonds. The van der Waals surface area contributed by atoms with Crippen LogP contribution in [-0.4, -0.2) is 16.8 Å². The van der Waals surface area contributed by atoms with Crippen LogP contribution in [-0.2, 0) is 11.7 Å². The lowest BCUT2D eigenvalue weighted by Crippen LogP contribution is -2.43. The summed E-state index contributed by atoms with van der Waals surface area (Å²) in [5, 5.41) is 0. The summed E-state index contributed by atoms with van der Waals surface area (Å²) in [5.41, 5.74) is -0.543. The summed E-state index contributed by atoms with van der Waals surface area (Å²) < 4.78 is 38.1. The number of fused-ring (bicyclic) bond motifs is 1. The molecule has 1 aromatic rings. The van der Waals surface area contributed by atoms with Crippen LogP contribution in [0.2, 0.25) is 0 Å². The van der Waals surface area contributed by atoms with Crippen LogP contribution in [0.15, 0.2) is 18.2 Å². The fraction of sp³-hybridized carbons (Fsp3) is 0.500. The second-order valence-electron chi connectivity index (χ2n) is 5.59. The molecule has 0 fully saturated rings. The predicted molar refractivity (Wildman–Crippen MR) is 65.8 cm³/mol. The van der Waals surface area contributed by atoms with Gasteiger partial charge in [-0.2, -0.15) is 13.2 Å². The molecule has 0 radical (unpaired) electrons. The third-order valence-corrected chi connectivity index (χ3v) is 3.57. The number of amides is 1. The van der Waals surface area contributed by atoms with E-state index in [2.05, 4.69) is 0 Å². The second kappa shape index (κ2) is 3.99. The van der Waals surface area contributed by atoms with Crippen LogP contribution in [0.25, 0.3) is 0 Å². The highest BCUT2D eigenvalue weighted by molar-refractivity contribution is 6.00. The molecule has 5 heteroatoms. The fourth-order valence-electron chi connectivity index (χ4n) is 2.82. The van der Waals surface area contributed by atoms with Crippen molar-refractivity contribution in [1.82, 2.24) is 4.90 Å². The Hall–Kier alpha value is -1.52. The molecule has 19 heavy (non-hydrogen) atoms. The van der Waals surface area contributed by atoms with E-state index in [0.717, 1.165) is 12.1 Å². The maximum absolute atomic E-state index is 12.7. The maximum Gasteiger partial charge on any atom is 0.416 e. The van der Waals surface area contributed by atoms with Crippen LogP contribution in [0.1, 0.15) is 49.2 Å². The van der Waals surface area contributed by atoms with Crippen molar-refractivity contribution in [1.29, 1.82) is 0 Å². The van der Waals surface area contributed by atoms with E-state index in [1.54, 1.807) is 4.90 Å². The summed E-state index contributed by atoms with van der Waals surface area (Å²) in [5.74, 6) is -0.332. The number of carbonyl (C=O) groups is 1. The van der Waals surface area contributed by atoms with Crippen LogP contribution >= 0.6 is 0 Å². The highest BCUT2D eigenvalue weighted by atomic mass is 19.4. The predicted octanol–water partition coefficient (Wildman–Crippen LogP) is 3.80. The van der Waals surface area contributed by atoms with Crippen molar-refractivity contribution in [3.05, 3.63) is 34.9 Å². The highest BCUT2D eigenvalue weighted by Gasteiger charge is 2.45. The Morgan fingerprint density at radius 2 is 1.79 bits per heavy atom. The van der Waals surface area contributed by atoms with Crippen molar-refractivity contribution in [2.75, 3.05) is 0 Å². The third-order valence-electron chi connectivity index (χ3n) is 3.57.